The summed E-state index contributed by atoms with van der Waals surface area (Å²) in [6.45, 7) is 3.34. The van der Waals surface area contributed by atoms with Crippen LogP contribution in [-0.2, 0) is 0 Å². The smallest absolute Gasteiger partial charge is 0.243 e. The van der Waals surface area contributed by atoms with E-state index >= 15 is 0 Å². The summed E-state index contributed by atoms with van der Waals surface area (Å²) in [6.07, 6.45) is 5.96. The highest BCUT2D eigenvalue weighted by molar-refractivity contribution is 5.42. The molecule has 1 N–H and O–H groups in total. The molecule has 0 bridgehead atoms. The van der Waals surface area contributed by atoms with Crippen LogP contribution in [-0.4, -0.2) is 21.1 Å². The van der Waals surface area contributed by atoms with Gasteiger partial charge < -0.3 is 5.32 Å². The number of nitrogens with one attached hydrogen (secondary N) is 1. The monoisotopic (exact) mass is 230 g/mol. The SMILES string of the molecule is CC1CCC(CNc2nc3ccccn3n2)C1. The van der Waals surface area contributed by atoms with Gasteiger partial charge in [-0.3, -0.25) is 0 Å². The van der Waals surface area contributed by atoms with Crippen molar-refractivity contribution in [2.45, 2.75) is 26.2 Å². The van der Waals surface area contributed by atoms with Gasteiger partial charge in [0.2, 0.25) is 5.95 Å². The highest BCUT2D eigenvalue weighted by Gasteiger charge is 2.21. The zero-order valence-electron chi connectivity index (χ0n) is 10.1. The van der Waals surface area contributed by atoms with Gasteiger partial charge in [0.1, 0.15) is 0 Å². The van der Waals surface area contributed by atoms with Crippen LogP contribution in [0.15, 0.2) is 24.4 Å². The quantitative estimate of drug-likeness (QED) is 0.881. The van der Waals surface area contributed by atoms with Crippen LogP contribution in [0.1, 0.15) is 26.2 Å². The van der Waals surface area contributed by atoms with Gasteiger partial charge in [0.05, 0.1) is 0 Å². The summed E-state index contributed by atoms with van der Waals surface area (Å²) in [6, 6.07) is 5.91. The number of nitrogens with zero attached hydrogens (tertiary/aromatic N) is 3. The Morgan fingerprint density at radius 3 is 3.12 bits per heavy atom. The van der Waals surface area contributed by atoms with Crippen molar-refractivity contribution < 1.29 is 0 Å². The van der Waals surface area contributed by atoms with Gasteiger partial charge in [-0.15, -0.1) is 5.10 Å². The summed E-state index contributed by atoms with van der Waals surface area (Å²) in [5, 5.41) is 7.74. The van der Waals surface area contributed by atoms with Crippen molar-refractivity contribution in [3.63, 3.8) is 0 Å². The van der Waals surface area contributed by atoms with Crippen LogP contribution in [0, 0.1) is 11.8 Å². The summed E-state index contributed by atoms with van der Waals surface area (Å²) >= 11 is 0. The molecule has 4 heteroatoms. The van der Waals surface area contributed by atoms with Crippen LogP contribution in [0.25, 0.3) is 5.65 Å². The molecule has 0 aromatic carbocycles. The third kappa shape index (κ3) is 2.25. The second-order valence-electron chi connectivity index (χ2n) is 5.10. The number of hydrogen-bond donors (Lipinski definition) is 1. The van der Waals surface area contributed by atoms with Crippen molar-refractivity contribution in [1.29, 1.82) is 0 Å². The van der Waals surface area contributed by atoms with Gasteiger partial charge >= 0.3 is 0 Å². The number of anilines is 1. The van der Waals surface area contributed by atoms with Crippen LogP contribution >= 0.6 is 0 Å². The maximum atomic E-state index is 4.43. The van der Waals surface area contributed by atoms with Crippen molar-refractivity contribution in [3.05, 3.63) is 24.4 Å². The van der Waals surface area contributed by atoms with Gasteiger partial charge in [0.15, 0.2) is 5.65 Å². The van der Waals surface area contributed by atoms with E-state index in [0.29, 0.717) is 0 Å². The first kappa shape index (κ1) is 10.6. The van der Waals surface area contributed by atoms with Crippen LogP contribution in [0.3, 0.4) is 0 Å². The molecule has 2 aromatic heterocycles. The topological polar surface area (TPSA) is 42.2 Å². The van der Waals surface area contributed by atoms with Crippen LogP contribution < -0.4 is 5.32 Å². The van der Waals surface area contributed by atoms with Gasteiger partial charge in [-0.1, -0.05) is 19.4 Å². The van der Waals surface area contributed by atoms with Crippen molar-refractivity contribution in [3.8, 4) is 0 Å². The maximum absolute atomic E-state index is 4.43. The largest absolute Gasteiger partial charge is 0.353 e. The Morgan fingerprint density at radius 2 is 2.35 bits per heavy atom. The third-order valence-corrected chi connectivity index (χ3v) is 3.59. The third-order valence-electron chi connectivity index (χ3n) is 3.59. The first-order valence-electron chi connectivity index (χ1n) is 6.36. The summed E-state index contributed by atoms with van der Waals surface area (Å²) in [7, 11) is 0. The van der Waals surface area contributed by atoms with Crippen molar-refractivity contribution in [2.24, 2.45) is 11.8 Å². The lowest BCUT2D eigenvalue weighted by molar-refractivity contribution is 0.536. The Hall–Kier alpha value is -1.58. The molecule has 2 unspecified atom stereocenters. The number of rotatable bonds is 3. The van der Waals surface area contributed by atoms with Gasteiger partial charge in [-0.2, -0.15) is 4.98 Å². The van der Waals surface area contributed by atoms with Crippen molar-refractivity contribution in [1.82, 2.24) is 14.6 Å². The molecule has 0 saturated heterocycles. The lowest BCUT2D eigenvalue weighted by Gasteiger charge is -2.08. The van der Waals surface area contributed by atoms with E-state index in [1.54, 1.807) is 4.52 Å². The molecule has 2 atom stereocenters. The first-order valence-corrected chi connectivity index (χ1v) is 6.36. The summed E-state index contributed by atoms with van der Waals surface area (Å²) in [5.41, 5.74) is 0.898. The van der Waals surface area contributed by atoms with E-state index in [1.807, 2.05) is 24.4 Å². The highest BCUT2D eigenvalue weighted by atomic mass is 15.3. The molecule has 0 amide bonds. The minimum Gasteiger partial charge on any atom is -0.353 e. The molecule has 90 valence electrons. The Kier molecular flexibility index (Phi) is 2.71. The predicted octanol–water partition coefficient (Wildman–Crippen LogP) is 2.58. The molecule has 17 heavy (non-hydrogen) atoms. The maximum Gasteiger partial charge on any atom is 0.243 e. The fraction of sp³-hybridized carbons (Fsp3) is 0.538. The van der Waals surface area contributed by atoms with Crippen LogP contribution in [0.4, 0.5) is 5.95 Å². The average Bonchev–Trinajstić information content (AvgIpc) is 2.91. The number of fused-ring (bicyclic) bond motifs is 1. The van der Waals surface area contributed by atoms with Crippen molar-refractivity contribution in [2.75, 3.05) is 11.9 Å². The molecule has 0 spiro atoms. The Bertz CT molecular complexity index is 472. The second-order valence-corrected chi connectivity index (χ2v) is 5.10. The lowest BCUT2D eigenvalue weighted by atomic mass is 10.1. The van der Waals surface area contributed by atoms with E-state index in [1.165, 1.54) is 19.3 Å². The Morgan fingerprint density at radius 1 is 1.41 bits per heavy atom. The molecule has 3 rings (SSSR count). The van der Waals surface area contributed by atoms with E-state index in [9.17, 15) is 0 Å². The Balaban J connectivity index is 1.65. The number of hydrogen-bond acceptors (Lipinski definition) is 3. The minimum atomic E-state index is 0.746. The summed E-state index contributed by atoms with van der Waals surface area (Å²) in [5.74, 6) is 2.42. The molecule has 1 aliphatic carbocycles. The van der Waals surface area contributed by atoms with Gasteiger partial charge in [0.25, 0.3) is 0 Å². The van der Waals surface area contributed by atoms with E-state index in [2.05, 4.69) is 22.3 Å². The van der Waals surface area contributed by atoms with Gasteiger partial charge in [-0.05, 0) is 36.8 Å². The van der Waals surface area contributed by atoms with E-state index in [0.717, 1.165) is 30.0 Å². The van der Waals surface area contributed by atoms with Crippen LogP contribution in [0.5, 0.6) is 0 Å². The van der Waals surface area contributed by atoms with Gasteiger partial charge in [0, 0.05) is 12.7 Å². The summed E-state index contributed by atoms with van der Waals surface area (Å²) in [4.78, 5) is 4.43. The molecular weight excluding hydrogens is 212 g/mol. The zero-order chi connectivity index (χ0) is 11.7. The van der Waals surface area contributed by atoms with Crippen LogP contribution in [0.2, 0.25) is 0 Å². The molecule has 2 heterocycles. The first-order chi connectivity index (χ1) is 8.31. The molecule has 0 aliphatic heterocycles. The number of pyridine rings is 1. The summed E-state index contributed by atoms with van der Waals surface area (Å²) < 4.78 is 1.81. The predicted molar refractivity (Wildman–Crippen MR) is 68.0 cm³/mol. The standard InChI is InChI=1S/C13H18N4/c1-10-5-6-11(8-10)9-14-13-15-12-4-2-3-7-17(12)16-13/h2-4,7,10-11H,5-6,8-9H2,1H3,(H,14,16). The fourth-order valence-corrected chi connectivity index (χ4v) is 2.65. The molecule has 1 aliphatic rings. The van der Waals surface area contributed by atoms with Gasteiger partial charge in [-0.25, -0.2) is 4.52 Å². The normalized spacial score (nSPS) is 24.3. The molecule has 4 nitrogen and oxygen atoms in total. The molecule has 1 saturated carbocycles. The molecule has 0 radical (unpaired) electrons. The fourth-order valence-electron chi connectivity index (χ4n) is 2.65. The van der Waals surface area contributed by atoms with E-state index in [-0.39, 0.29) is 0 Å². The molecular formula is C13H18N4. The molecule has 2 aromatic rings. The van der Waals surface area contributed by atoms with E-state index < -0.39 is 0 Å². The molecule has 1 fully saturated rings. The lowest BCUT2D eigenvalue weighted by Crippen LogP contribution is -2.12. The average molecular weight is 230 g/mol. The Labute approximate surface area is 101 Å². The zero-order valence-corrected chi connectivity index (χ0v) is 10.1. The van der Waals surface area contributed by atoms with Crippen molar-refractivity contribution >= 4 is 11.6 Å². The second kappa shape index (κ2) is 4.35. The van der Waals surface area contributed by atoms with E-state index in [4.69, 9.17) is 0 Å². The highest BCUT2D eigenvalue weighted by Crippen LogP contribution is 2.30. The number of aromatic nitrogens is 3. The minimum absolute atomic E-state index is 0.746.